The molecule has 3 rings (SSSR count). The standard InChI is InChI=1S/C22H22N2O2/c1-17(22(25)23-16-18-8-4-2-5-9-18)24-19-12-14-21(15-13-19)26-20-10-6-3-7-11-20/h2-15,17,24H,16H2,1H3,(H,23,25). The number of carbonyl (C=O) groups is 1. The van der Waals surface area contributed by atoms with Crippen molar-refractivity contribution in [1.29, 1.82) is 0 Å². The Balaban J connectivity index is 1.50. The van der Waals surface area contributed by atoms with Crippen molar-refractivity contribution in [3.63, 3.8) is 0 Å². The average molecular weight is 346 g/mol. The average Bonchev–Trinajstić information content (AvgIpc) is 2.69. The molecule has 0 heterocycles. The smallest absolute Gasteiger partial charge is 0.242 e. The van der Waals surface area contributed by atoms with Gasteiger partial charge in [0.15, 0.2) is 0 Å². The highest BCUT2D eigenvalue weighted by atomic mass is 16.5. The summed E-state index contributed by atoms with van der Waals surface area (Å²) in [6, 6.07) is 26.7. The fourth-order valence-electron chi connectivity index (χ4n) is 2.50. The van der Waals surface area contributed by atoms with Crippen molar-refractivity contribution in [3.8, 4) is 11.5 Å². The SMILES string of the molecule is CC(Nc1ccc(Oc2ccccc2)cc1)C(=O)NCc1ccccc1. The number of nitrogens with one attached hydrogen (secondary N) is 2. The first kappa shape index (κ1) is 17.5. The number of hydrogen-bond donors (Lipinski definition) is 2. The van der Waals surface area contributed by atoms with Crippen LogP contribution in [0.2, 0.25) is 0 Å². The van der Waals surface area contributed by atoms with E-state index in [1.54, 1.807) is 0 Å². The van der Waals surface area contributed by atoms with E-state index in [9.17, 15) is 4.79 Å². The third-order valence-electron chi connectivity index (χ3n) is 3.92. The molecule has 0 saturated carbocycles. The second-order valence-corrected chi connectivity index (χ2v) is 6.01. The third kappa shape index (κ3) is 5.11. The molecule has 0 spiro atoms. The Bertz CT molecular complexity index is 818. The highest BCUT2D eigenvalue weighted by molar-refractivity contribution is 5.84. The number of ether oxygens (including phenoxy) is 1. The van der Waals surface area contributed by atoms with Gasteiger partial charge >= 0.3 is 0 Å². The molecule has 0 aliphatic carbocycles. The summed E-state index contributed by atoms with van der Waals surface area (Å²) in [5.74, 6) is 1.50. The molecule has 1 amide bonds. The molecule has 132 valence electrons. The summed E-state index contributed by atoms with van der Waals surface area (Å²) < 4.78 is 5.77. The number of carbonyl (C=O) groups excluding carboxylic acids is 1. The van der Waals surface area contributed by atoms with Crippen LogP contribution in [0.3, 0.4) is 0 Å². The highest BCUT2D eigenvalue weighted by Gasteiger charge is 2.12. The van der Waals surface area contributed by atoms with Gasteiger partial charge in [-0.25, -0.2) is 0 Å². The van der Waals surface area contributed by atoms with Crippen molar-refractivity contribution in [2.45, 2.75) is 19.5 Å². The van der Waals surface area contributed by atoms with Crippen molar-refractivity contribution in [3.05, 3.63) is 90.5 Å². The minimum absolute atomic E-state index is 0.0431. The van der Waals surface area contributed by atoms with E-state index in [0.717, 1.165) is 22.7 Å². The summed E-state index contributed by atoms with van der Waals surface area (Å²) in [6.45, 7) is 2.37. The number of rotatable bonds is 7. The maximum absolute atomic E-state index is 12.2. The van der Waals surface area contributed by atoms with Gasteiger partial charge in [-0.05, 0) is 48.9 Å². The Morgan fingerprint density at radius 1 is 0.846 bits per heavy atom. The van der Waals surface area contributed by atoms with Crippen LogP contribution in [0.15, 0.2) is 84.9 Å². The van der Waals surface area contributed by atoms with Gasteiger partial charge in [0.25, 0.3) is 0 Å². The van der Waals surface area contributed by atoms with Gasteiger partial charge < -0.3 is 15.4 Å². The van der Waals surface area contributed by atoms with Crippen molar-refractivity contribution in [1.82, 2.24) is 5.32 Å². The fourth-order valence-corrected chi connectivity index (χ4v) is 2.50. The number of amides is 1. The lowest BCUT2D eigenvalue weighted by atomic mass is 10.2. The summed E-state index contributed by atoms with van der Waals surface area (Å²) in [7, 11) is 0. The summed E-state index contributed by atoms with van der Waals surface area (Å²) in [4.78, 5) is 12.2. The quantitative estimate of drug-likeness (QED) is 0.657. The van der Waals surface area contributed by atoms with Gasteiger partial charge in [0.1, 0.15) is 17.5 Å². The minimum Gasteiger partial charge on any atom is -0.457 e. The molecule has 4 nitrogen and oxygen atoms in total. The molecule has 4 heteroatoms. The first-order chi connectivity index (χ1) is 12.7. The predicted molar refractivity (Wildman–Crippen MR) is 104 cm³/mol. The minimum atomic E-state index is -0.334. The van der Waals surface area contributed by atoms with Gasteiger partial charge in [-0.3, -0.25) is 4.79 Å². The van der Waals surface area contributed by atoms with Gasteiger partial charge in [-0.2, -0.15) is 0 Å². The molecular weight excluding hydrogens is 324 g/mol. The van der Waals surface area contributed by atoms with Crippen LogP contribution in [0.4, 0.5) is 5.69 Å². The molecule has 26 heavy (non-hydrogen) atoms. The predicted octanol–water partition coefficient (Wildman–Crippen LogP) is 4.60. The van der Waals surface area contributed by atoms with E-state index in [2.05, 4.69) is 10.6 Å². The Hall–Kier alpha value is -3.27. The number of benzene rings is 3. The zero-order chi connectivity index (χ0) is 18.2. The number of para-hydroxylation sites is 1. The molecule has 0 aliphatic rings. The number of anilines is 1. The Kier molecular flexibility index (Phi) is 5.88. The van der Waals surface area contributed by atoms with Gasteiger partial charge in [0.05, 0.1) is 0 Å². The Labute approximate surface area is 153 Å². The molecule has 2 N–H and O–H groups in total. The van der Waals surface area contributed by atoms with Crippen molar-refractivity contribution >= 4 is 11.6 Å². The van der Waals surface area contributed by atoms with Crippen LogP contribution in [0.1, 0.15) is 12.5 Å². The van der Waals surface area contributed by atoms with Crippen LogP contribution in [0.5, 0.6) is 11.5 Å². The largest absolute Gasteiger partial charge is 0.457 e. The van der Waals surface area contributed by atoms with E-state index in [4.69, 9.17) is 4.74 Å². The lowest BCUT2D eigenvalue weighted by Crippen LogP contribution is -2.37. The molecular formula is C22H22N2O2. The molecule has 1 atom stereocenters. The number of hydrogen-bond acceptors (Lipinski definition) is 3. The Morgan fingerprint density at radius 2 is 1.42 bits per heavy atom. The van der Waals surface area contributed by atoms with Crippen molar-refractivity contribution < 1.29 is 9.53 Å². The molecule has 0 aliphatic heterocycles. The lowest BCUT2D eigenvalue weighted by molar-refractivity contribution is -0.121. The van der Waals surface area contributed by atoms with Crippen LogP contribution in [-0.4, -0.2) is 11.9 Å². The summed E-state index contributed by atoms with van der Waals surface area (Å²) in [5.41, 5.74) is 1.95. The van der Waals surface area contributed by atoms with E-state index >= 15 is 0 Å². The molecule has 1 unspecified atom stereocenters. The first-order valence-electron chi connectivity index (χ1n) is 8.62. The third-order valence-corrected chi connectivity index (χ3v) is 3.92. The van der Waals surface area contributed by atoms with E-state index in [1.807, 2.05) is 91.9 Å². The second-order valence-electron chi connectivity index (χ2n) is 6.01. The van der Waals surface area contributed by atoms with E-state index in [1.165, 1.54) is 0 Å². The van der Waals surface area contributed by atoms with Crippen molar-refractivity contribution in [2.24, 2.45) is 0 Å². The first-order valence-corrected chi connectivity index (χ1v) is 8.62. The van der Waals surface area contributed by atoms with E-state index in [-0.39, 0.29) is 11.9 Å². The monoisotopic (exact) mass is 346 g/mol. The molecule has 0 saturated heterocycles. The molecule has 0 aromatic heterocycles. The van der Waals surface area contributed by atoms with Crippen LogP contribution in [0.25, 0.3) is 0 Å². The van der Waals surface area contributed by atoms with Crippen LogP contribution in [0, 0.1) is 0 Å². The molecule has 0 bridgehead atoms. The van der Waals surface area contributed by atoms with Crippen LogP contribution < -0.4 is 15.4 Å². The maximum Gasteiger partial charge on any atom is 0.242 e. The molecule has 0 fully saturated rings. The van der Waals surface area contributed by atoms with E-state index in [0.29, 0.717) is 6.54 Å². The topological polar surface area (TPSA) is 50.4 Å². The summed E-state index contributed by atoms with van der Waals surface area (Å²) in [5, 5.41) is 6.14. The van der Waals surface area contributed by atoms with Gasteiger partial charge in [0.2, 0.25) is 5.91 Å². The lowest BCUT2D eigenvalue weighted by Gasteiger charge is -2.16. The molecule has 3 aromatic carbocycles. The van der Waals surface area contributed by atoms with Gasteiger partial charge in [-0.15, -0.1) is 0 Å². The maximum atomic E-state index is 12.2. The fraction of sp³-hybridized carbons (Fsp3) is 0.136. The van der Waals surface area contributed by atoms with Gasteiger partial charge in [-0.1, -0.05) is 48.5 Å². The second kappa shape index (κ2) is 8.72. The van der Waals surface area contributed by atoms with Crippen molar-refractivity contribution in [2.75, 3.05) is 5.32 Å². The molecule has 3 aromatic rings. The highest BCUT2D eigenvalue weighted by Crippen LogP contribution is 2.22. The van der Waals surface area contributed by atoms with Crippen LogP contribution in [-0.2, 0) is 11.3 Å². The van der Waals surface area contributed by atoms with Crippen LogP contribution >= 0.6 is 0 Å². The van der Waals surface area contributed by atoms with Gasteiger partial charge in [0, 0.05) is 12.2 Å². The summed E-state index contributed by atoms with van der Waals surface area (Å²) >= 11 is 0. The normalized spacial score (nSPS) is 11.4. The summed E-state index contributed by atoms with van der Waals surface area (Å²) in [6.07, 6.45) is 0. The zero-order valence-electron chi connectivity index (χ0n) is 14.7. The Morgan fingerprint density at radius 3 is 2.08 bits per heavy atom. The van der Waals surface area contributed by atoms with E-state index < -0.39 is 0 Å². The molecule has 0 radical (unpaired) electrons. The zero-order valence-corrected chi connectivity index (χ0v) is 14.7.